The van der Waals surface area contributed by atoms with Gasteiger partial charge in [0.1, 0.15) is 23.3 Å². The Morgan fingerprint density at radius 3 is 1.59 bits per heavy atom. The fourth-order valence-corrected chi connectivity index (χ4v) is 7.60. The highest BCUT2D eigenvalue weighted by Crippen LogP contribution is 2.37. The summed E-state index contributed by atoms with van der Waals surface area (Å²) in [4.78, 5) is 13.9. The largest absolute Gasteiger partial charge is 0.495 e. The van der Waals surface area contributed by atoms with Crippen molar-refractivity contribution in [2.75, 3.05) is 73.9 Å². The maximum atomic E-state index is 13.8. The summed E-state index contributed by atoms with van der Waals surface area (Å²) in [6.07, 6.45) is 7.45. The van der Waals surface area contributed by atoms with Crippen LogP contribution in [0.5, 0.6) is 0 Å². The molecule has 64 heavy (non-hydrogen) atoms. The minimum absolute atomic E-state index is 0.116. The van der Waals surface area contributed by atoms with Crippen LogP contribution in [0.15, 0.2) is 73.3 Å². The predicted octanol–water partition coefficient (Wildman–Crippen LogP) is 7.00. The number of ether oxygens (including phenoxy) is 2. The molecule has 18 heteroatoms. The molecule has 0 atom stereocenters. The van der Waals surface area contributed by atoms with Crippen molar-refractivity contribution in [1.29, 1.82) is 0 Å². The van der Waals surface area contributed by atoms with Crippen molar-refractivity contribution in [3.63, 3.8) is 0 Å². The zero-order valence-electron chi connectivity index (χ0n) is 37.7. The van der Waals surface area contributed by atoms with Gasteiger partial charge in [-0.15, -0.1) is 0 Å². The molecular formula is C46H56BClF2N10O4. The third-order valence-electron chi connectivity index (χ3n) is 11.8. The molecule has 0 spiro atoms. The number of halogens is 3. The fourth-order valence-electron chi connectivity index (χ4n) is 7.40. The molecule has 3 aliphatic heterocycles. The van der Waals surface area contributed by atoms with Gasteiger partial charge in [-0.25, -0.2) is 18.7 Å². The molecule has 9 rings (SSSR count). The first-order valence-corrected chi connectivity index (χ1v) is 21.6. The van der Waals surface area contributed by atoms with Gasteiger partial charge in [0, 0.05) is 68.8 Å². The molecule has 0 amide bonds. The van der Waals surface area contributed by atoms with Gasteiger partial charge in [-0.05, 0) is 118 Å². The van der Waals surface area contributed by atoms with E-state index in [1.54, 1.807) is 33.9 Å². The first kappa shape index (κ1) is 46.4. The lowest BCUT2D eigenvalue weighted by atomic mass is 9.76. The van der Waals surface area contributed by atoms with Gasteiger partial charge in [-0.2, -0.15) is 10.2 Å². The molecule has 0 bridgehead atoms. The van der Waals surface area contributed by atoms with Crippen LogP contribution in [0.1, 0.15) is 38.8 Å². The Hall–Kier alpha value is -5.59. The highest BCUT2D eigenvalue weighted by Gasteiger charge is 2.52. The number of pyridine rings is 2. The molecule has 6 aromatic rings. The minimum Gasteiger partial charge on any atom is -0.399 e. The van der Waals surface area contributed by atoms with E-state index in [-0.39, 0.29) is 11.4 Å². The predicted molar refractivity (Wildman–Crippen MR) is 250 cm³/mol. The number of nitrogens with zero attached hydrogens (tertiary/aromatic N) is 8. The first-order valence-electron chi connectivity index (χ1n) is 21.2. The number of aryl methyl sites for hydroxylation is 4. The highest BCUT2D eigenvalue weighted by atomic mass is 35.5. The van der Waals surface area contributed by atoms with E-state index < -0.39 is 30.0 Å². The van der Waals surface area contributed by atoms with Gasteiger partial charge >= 0.3 is 7.12 Å². The Labute approximate surface area is 378 Å². The first-order chi connectivity index (χ1) is 30.4. The zero-order valence-corrected chi connectivity index (χ0v) is 38.4. The molecule has 0 saturated carbocycles. The third-order valence-corrected chi connectivity index (χ3v) is 12.0. The van der Waals surface area contributed by atoms with Gasteiger partial charge in [0.05, 0.1) is 72.8 Å². The van der Waals surface area contributed by atoms with E-state index in [0.29, 0.717) is 18.2 Å². The molecule has 14 nitrogen and oxygen atoms in total. The van der Waals surface area contributed by atoms with E-state index in [0.717, 1.165) is 101 Å². The monoisotopic (exact) mass is 896 g/mol. The van der Waals surface area contributed by atoms with Crippen LogP contribution in [0.4, 0.5) is 31.8 Å². The van der Waals surface area contributed by atoms with Crippen molar-refractivity contribution in [3.05, 3.63) is 101 Å². The molecule has 0 radical (unpaired) electrons. The van der Waals surface area contributed by atoms with Crippen LogP contribution >= 0.6 is 11.6 Å². The van der Waals surface area contributed by atoms with Crippen molar-refractivity contribution < 1.29 is 27.6 Å². The SMILES string of the molecule is Cc1cc(F)c(N)cc1-c1cc(-c2cnn(C)c2)nc(N2CCOCC2)c1.Cc1cc(F)c(N)cc1B1OC(C)(C)C(C)(C)O1.Cn1cc(-c2cc(Cl)cc(N3CCOCC3)n2)cn1. The molecule has 0 aliphatic carbocycles. The van der Waals surface area contributed by atoms with E-state index in [1.807, 2.05) is 92.3 Å². The molecule has 4 aromatic heterocycles. The van der Waals surface area contributed by atoms with Crippen LogP contribution in [0.2, 0.25) is 5.02 Å². The van der Waals surface area contributed by atoms with Crippen molar-refractivity contribution in [1.82, 2.24) is 29.5 Å². The minimum atomic E-state index is -0.502. The molecule has 3 saturated heterocycles. The lowest BCUT2D eigenvalue weighted by Crippen LogP contribution is -2.41. The Morgan fingerprint density at radius 1 is 0.625 bits per heavy atom. The van der Waals surface area contributed by atoms with E-state index in [1.165, 1.54) is 12.1 Å². The molecule has 4 N–H and O–H groups in total. The molecule has 3 fully saturated rings. The number of benzene rings is 2. The maximum absolute atomic E-state index is 13.8. The summed E-state index contributed by atoms with van der Waals surface area (Å²) in [5.74, 6) is 0.963. The number of morpholine rings is 2. The summed E-state index contributed by atoms with van der Waals surface area (Å²) in [5.41, 5.74) is 18.7. The summed E-state index contributed by atoms with van der Waals surface area (Å²) < 4.78 is 53.3. The Morgan fingerprint density at radius 2 is 1.09 bits per heavy atom. The van der Waals surface area contributed by atoms with E-state index in [4.69, 9.17) is 46.8 Å². The van der Waals surface area contributed by atoms with Crippen LogP contribution in [0, 0.1) is 25.5 Å². The van der Waals surface area contributed by atoms with Gasteiger partial charge in [0.2, 0.25) is 0 Å². The number of hydrogen-bond donors (Lipinski definition) is 2. The number of aromatic nitrogens is 6. The number of rotatable bonds is 6. The number of nitrogen functional groups attached to an aromatic ring is 2. The van der Waals surface area contributed by atoms with E-state index in [9.17, 15) is 8.78 Å². The highest BCUT2D eigenvalue weighted by molar-refractivity contribution is 6.62. The van der Waals surface area contributed by atoms with Gasteiger partial charge < -0.3 is 40.0 Å². The normalized spacial score (nSPS) is 16.8. The molecule has 3 aliphatic rings. The van der Waals surface area contributed by atoms with Crippen LogP contribution in [-0.2, 0) is 32.9 Å². The smallest absolute Gasteiger partial charge is 0.399 e. The lowest BCUT2D eigenvalue weighted by Gasteiger charge is -2.32. The molecule has 7 heterocycles. The Balaban J connectivity index is 0.000000148. The van der Waals surface area contributed by atoms with Crippen LogP contribution < -0.4 is 26.7 Å². The lowest BCUT2D eigenvalue weighted by molar-refractivity contribution is 0.00578. The van der Waals surface area contributed by atoms with Gasteiger partial charge in [0.15, 0.2) is 0 Å². The topological polar surface area (TPSA) is 157 Å². The Kier molecular flexibility index (Phi) is 14.0. The summed E-state index contributed by atoms with van der Waals surface area (Å²) in [6.45, 7) is 17.7. The second-order valence-corrected chi connectivity index (χ2v) is 17.6. The van der Waals surface area contributed by atoms with E-state index in [2.05, 4.69) is 25.0 Å². The summed E-state index contributed by atoms with van der Waals surface area (Å²) in [6, 6.07) is 14.0. The number of nitrogens with two attached hydrogens (primary N) is 2. The van der Waals surface area contributed by atoms with Crippen LogP contribution in [-0.4, -0.2) is 100 Å². The van der Waals surface area contributed by atoms with Crippen molar-refractivity contribution in [2.45, 2.75) is 52.7 Å². The fraction of sp³-hybridized carbons (Fsp3) is 0.391. The van der Waals surface area contributed by atoms with Crippen molar-refractivity contribution in [3.8, 4) is 33.6 Å². The maximum Gasteiger partial charge on any atom is 0.495 e. The van der Waals surface area contributed by atoms with Crippen molar-refractivity contribution in [2.24, 2.45) is 14.1 Å². The number of anilines is 4. The average molecular weight is 897 g/mol. The van der Waals surface area contributed by atoms with E-state index >= 15 is 0 Å². The molecule has 338 valence electrons. The van der Waals surface area contributed by atoms with Gasteiger partial charge in [-0.1, -0.05) is 11.6 Å². The van der Waals surface area contributed by atoms with Gasteiger partial charge in [-0.3, -0.25) is 9.36 Å². The summed E-state index contributed by atoms with van der Waals surface area (Å²) in [7, 11) is 3.26. The van der Waals surface area contributed by atoms with Gasteiger partial charge in [0.25, 0.3) is 0 Å². The summed E-state index contributed by atoms with van der Waals surface area (Å²) >= 11 is 6.20. The van der Waals surface area contributed by atoms with Crippen LogP contribution in [0.3, 0.4) is 0 Å². The van der Waals surface area contributed by atoms with Crippen molar-refractivity contribution >= 4 is 47.2 Å². The number of hydrogen-bond acceptors (Lipinski definition) is 12. The molecule has 2 aromatic carbocycles. The zero-order chi connectivity index (χ0) is 45.9. The second-order valence-electron chi connectivity index (χ2n) is 17.1. The molecular weight excluding hydrogens is 841 g/mol. The third kappa shape index (κ3) is 10.7. The average Bonchev–Trinajstić information content (AvgIpc) is 3.97. The second kappa shape index (κ2) is 19.3. The van der Waals surface area contributed by atoms with Crippen LogP contribution in [0.25, 0.3) is 33.6 Å². The summed E-state index contributed by atoms with van der Waals surface area (Å²) in [5, 5.41) is 9.11. The standard InChI is InChI=1S/C20H22FN5O.C13H19BFNO2.C13H15ClN4O/c1-13-7-17(21)18(22)10-16(13)14-8-19(15-11-23-25(2)12-15)24-20(9-14)26-3-5-27-6-4-26;1-8-6-10(15)11(16)7-9(8)14-17-12(2,3)13(4,5)18-14;1-17-9-10(8-15-17)12-6-11(14)7-13(16-12)18-2-4-19-5-3-18/h7-12H,3-6,22H2,1-2H3;6-7H,16H2,1-5H3;6-9H,2-5H2,1H3. The quantitative estimate of drug-likeness (QED) is 0.131. The Bertz CT molecular complexity index is 2580. The molecule has 0 unspecified atom stereocenters.